The van der Waals surface area contributed by atoms with E-state index in [0.29, 0.717) is 5.92 Å². The molecule has 0 saturated heterocycles. The third-order valence-electron chi connectivity index (χ3n) is 3.88. The molecule has 21 heavy (non-hydrogen) atoms. The molecule has 2 aromatic carbocycles. The van der Waals surface area contributed by atoms with Gasteiger partial charge in [-0.25, -0.2) is 0 Å². The first-order valence-corrected chi connectivity index (χ1v) is 7.73. The van der Waals surface area contributed by atoms with Crippen molar-refractivity contribution in [2.45, 2.75) is 40.5 Å². The quantitative estimate of drug-likeness (QED) is 0.671. The van der Waals surface area contributed by atoms with Gasteiger partial charge in [-0.3, -0.25) is 0 Å². The van der Waals surface area contributed by atoms with Gasteiger partial charge < -0.3 is 5.41 Å². The minimum absolute atomic E-state index is 0.651. The average Bonchev–Trinajstić information content (AvgIpc) is 2.44. The molecule has 0 spiro atoms. The lowest BCUT2D eigenvalue weighted by molar-refractivity contribution is 0.603. The molecule has 0 aliphatic heterocycles. The molecule has 0 saturated carbocycles. The largest absolute Gasteiger partial charge is 0.305 e. The molecule has 0 atom stereocenters. The summed E-state index contributed by atoms with van der Waals surface area (Å²) in [5.41, 5.74) is 6.85. The number of aryl methyl sites for hydroxylation is 2. The van der Waals surface area contributed by atoms with Crippen molar-refractivity contribution in [3.63, 3.8) is 0 Å². The fourth-order valence-electron chi connectivity index (χ4n) is 2.57. The van der Waals surface area contributed by atoms with E-state index in [0.717, 1.165) is 24.1 Å². The van der Waals surface area contributed by atoms with Crippen LogP contribution in [0.25, 0.3) is 11.1 Å². The Bertz CT molecular complexity index is 638. The Morgan fingerprint density at radius 3 is 2.43 bits per heavy atom. The molecular weight excluding hydrogens is 254 g/mol. The number of hydrogen-bond donors (Lipinski definition) is 1. The first kappa shape index (κ1) is 15.5. The summed E-state index contributed by atoms with van der Waals surface area (Å²) in [6.45, 7) is 8.67. The summed E-state index contributed by atoms with van der Waals surface area (Å²) in [4.78, 5) is 0. The van der Waals surface area contributed by atoms with Crippen LogP contribution in [-0.4, -0.2) is 5.71 Å². The molecule has 0 unspecified atom stereocenters. The van der Waals surface area contributed by atoms with Gasteiger partial charge in [-0.2, -0.15) is 0 Å². The van der Waals surface area contributed by atoms with E-state index in [9.17, 15) is 0 Å². The third kappa shape index (κ3) is 4.04. The minimum atomic E-state index is 0.651. The monoisotopic (exact) mass is 279 g/mol. The lowest BCUT2D eigenvalue weighted by Crippen LogP contribution is -2.02. The second kappa shape index (κ2) is 6.71. The molecule has 1 N–H and O–H groups in total. The van der Waals surface area contributed by atoms with E-state index < -0.39 is 0 Å². The topological polar surface area (TPSA) is 23.9 Å². The SMILES string of the molecule is Cc1cccc(-c2ccc(C(=N)CCC(C)C)cc2C)c1. The molecule has 0 heterocycles. The van der Waals surface area contributed by atoms with Crippen LogP contribution in [0.5, 0.6) is 0 Å². The van der Waals surface area contributed by atoms with Gasteiger partial charge >= 0.3 is 0 Å². The average molecular weight is 279 g/mol. The zero-order valence-electron chi connectivity index (χ0n) is 13.5. The van der Waals surface area contributed by atoms with Crippen LogP contribution in [0.15, 0.2) is 42.5 Å². The Morgan fingerprint density at radius 2 is 1.81 bits per heavy atom. The highest BCUT2D eigenvalue weighted by molar-refractivity contribution is 5.98. The van der Waals surface area contributed by atoms with E-state index in [1.165, 1.54) is 22.3 Å². The van der Waals surface area contributed by atoms with E-state index in [1.54, 1.807) is 0 Å². The van der Waals surface area contributed by atoms with Crippen molar-refractivity contribution in [3.05, 3.63) is 59.2 Å². The molecule has 1 heteroatoms. The maximum atomic E-state index is 8.23. The van der Waals surface area contributed by atoms with Crippen molar-refractivity contribution in [2.75, 3.05) is 0 Å². The summed E-state index contributed by atoms with van der Waals surface area (Å²) < 4.78 is 0. The van der Waals surface area contributed by atoms with E-state index in [4.69, 9.17) is 5.41 Å². The van der Waals surface area contributed by atoms with Gasteiger partial charge in [0.2, 0.25) is 0 Å². The number of hydrogen-bond acceptors (Lipinski definition) is 1. The Labute approximate surface area is 128 Å². The maximum Gasteiger partial charge on any atom is 0.0386 e. The van der Waals surface area contributed by atoms with Crippen LogP contribution < -0.4 is 0 Å². The molecule has 0 radical (unpaired) electrons. The van der Waals surface area contributed by atoms with Gasteiger partial charge in [0.15, 0.2) is 0 Å². The van der Waals surface area contributed by atoms with Crippen LogP contribution >= 0.6 is 0 Å². The predicted molar refractivity (Wildman–Crippen MR) is 92.3 cm³/mol. The fourth-order valence-corrected chi connectivity index (χ4v) is 2.57. The normalized spacial score (nSPS) is 10.9. The molecule has 110 valence electrons. The molecule has 0 bridgehead atoms. The molecule has 2 rings (SSSR count). The summed E-state index contributed by atoms with van der Waals surface area (Å²) in [5.74, 6) is 0.651. The van der Waals surface area contributed by atoms with Crippen LogP contribution in [0.3, 0.4) is 0 Å². The molecule has 0 fully saturated rings. The second-order valence-electron chi connectivity index (χ2n) is 6.31. The highest BCUT2D eigenvalue weighted by Crippen LogP contribution is 2.25. The summed E-state index contributed by atoms with van der Waals surface area (Å²) in [6, 6.07) is 15.0. The summed E-state index contributed by atoms with van der Waals surface area (Å²) in [7, 11) is 0. The standard InChI is InChI=1S/C20H25N/c1-14(2)8-11-20(21)18-9-10-19(16(4)13-18)17-7-5-6-15(3)12-17/h5-7,9-10,12-14,21H,8,11H2,1-4H3. The molecule has 0 aliphatic rings. The third-order valence-corrected chi connectivity index (χ3v) is 3.88. The molecule has 0 amide bonds. The van der Waals surface area contributed by atoms with Gasteiger partial charge in [0.1, 0.15) is 0 Å². The zero-order chi connectivity index (χ0) is 15.4. The molecule has 0 aromatic heterocycles. The van der Waals surface area contributed by atoms with Gasteiger partial charge in [0, 0.05) is 5.71 Å². The lowest BCUT2D eigenvalue weighted by atomic mass is 9.94. The van der Waals surface area contributed by atoms with Crippen LogP contribution in [0.1, 0.15) is 43.4 Å². The predicted octanol–water partition coefficient (Wildman–Crippen LogP) is 5.77. The molecule has 0 aliphatic carbocycles. The molecule has 2 aromatic rings. The number of rotatable bonds is 5. The van der Waals surface area contributed by atoms with Crippen LogP contribution in [0.4, 0.5) is 0 Å². The highest BCUT2D eigenvalue weighted by Gasteiger charge is 2.07. The first-order chi connectivity index (χ1) is 9.97. The van der Waals surface area contributed by atoms with Crippen molar-refractivity contribution in [1.82, 2.24) is 0 Å². The Hall–Kier alpha value is -1.89. The van der Waals surface area contributed by atoms with E-state index in [1.807, 2.05) is 0 Å². The maximum absolute atomic E-state index is 8.23. The summed E-state index contributed by atoms with van der Waals surface area (Å²) in [5, 5.41) is 8.23. The summed E-state index contributed by atoms with van der Waals surface area (Å²) >= 11 is 0. The van der Waals surface area contributed by atoms with Crippen molar-refractivity contribution in [3.8, 4) is 11.1 Å². The Balaban J connectivity index is 2.23. The van der Waals surface area contributed by atoms with Gasteiger partial charge in [-0.1, -0.05) is 55.8 Å². The summed E-state index contributed by atoms with van der Waals surface area (Å²) in [6.07, 6.45) is 1.94. The van der Waals surface area contributed by atoms with Gasteiger partial charge in [-0.05, 0) is 60.9 Å². The fraction of sp³-hybridized carbons (Fsp3) is 0.350. The Morgan fingerprint density at radius 1 is 1.05 bits per heavy atom. The number of benzene rings is 2. The minimum Gasteiger partial charge on any atom is -0.305 e. The van der Waals surface area contributed by atoms with Crippen molar-refractivity contribution >= 4 is 5.71 Å². The number of nitrogens with one attached hydrogen (secondary N) is 1. The van der Waals surface area contributed by atoms with Crippen molar-refractivity contribution < 1.29 is 0 Å². The van der Waals surface area contributed by atoms with Crippen LogP contribution in [0, 0.1) is 25.2 Å². The van der Waals surface area contributed by atoms with E-state index in [-0.39, 0.29) is 0 Å². The van der Waals surface area contributed by atoms with Gasteiger partial charge in [-0.15, -0.1) is 0 Å². The Kier molecular flexibility index (Phi) is 4.95. The van der Waals surface area contributed by atoms with Crippen LogP contribution in [-0.2, 0) is 0 Å². The molecule has 1 nitrogen and oxygen atoms in total. The highest BCUT2D eigenvalue weighted by atomic mass is 14.4. The van der Waals surface area contributed by atoms with Crippen molar-refractivity contribution in [2.24, 2.45) is 5.92 Å². The second-order valence-corrected chi connectivity index (χ2v) is 6.31. The van der Waals surface area contributed by atoms with E-state index >= 15 is 0 Å². The van der Waals surface area contributed by atoms with Gasteiger partial charge in [0.25, 0.3) is 0 Å². The van der Waals surface area contributed by atoms with Gasteiger partial charge in [0.05, 0.1) is 0 Å². The lowest BCUT2D eigenvalue weighted by Gasteiger charge is -2.11. The van der Waals surface area contributed by atoms with Crippen LogP contribution in [0.2, 0.25) is 0 Å². The molecular formula is C20H25N. The zero-order valence-corrected chi connectivity index (χ0v) is 13.5. The van der Waals surface area contributed by atoms with E-state index in [2.05, 4.69) is 70.2 Å². The van der Waals surface area contributed by atoms with Crippen molar-refractivity contribution in [1.29, 1.82) is 5.41 Å². The first-order valence-electron chi connectivity index (χ1n) is 7.73. The smallest absolute Gasteiger partial charge is 0.0386 e.